The summed E-state index contributed by atoms with van der Waals surface area (Å²) in [7, 11) is 1.55. The van der Waals surface area contributed by atoms with Crippen LogP contribution in [0.15, 0.2) is 35.1 Å². The molecule has 3 rings (SSSR count). The molecule has 2 aromatic rings. The van der Waals surface area contributed by atoms with Crippen molar-refractivity contribution in [2.75, 3.05) is 20.3 Å². The quantitative estimate of drug-likeness (QED) is 0.808. The highest BCUT2D eigenvalue weighted by Gasteiger charge is 2.13. The number of hydrogen-bond acceptors (Lipinski definition) is 5. The molecule has 0 bridgehead atoms. The molecule has 1 N–H and O–H groups in total. The summed E-state index contributed by atoms with van der Waals surface area (Å²) in [5.74, 6) is 0.824. The lowest BCUT2D eigenvalue weighted by Crippen LogP contribution is -2.35. The molecule has 0 fully saturated rings. The smallest absolute Gasteiger partial charge is 0.267 e. The van der Waals surface area contributed by atoms with Crippen molar-refractivity contribution in [3.63, 3.8) is 0 Å². The molecule has 0 saturated heterocycles. The summed E-state index contributed by atoms with van der Waals surface area (Å²) in [6.07, 6.45) is 4.06. The number of carbonyl (C=O) groups excluding carboxylic acids is 1. The van der Waals surface area contributed by atoms with Crippen molar-refractivity contribution in [1.82, 2.24) is 15.1 Å². The monoisotopic (exact) mass is 357 g/mol. The average molecular weight is 357 g/mol. The maximum absolute atomic E-state index is 12.1. The summed E-state index contributed by atoms with van der Waals surface area (Å²) in [4.78, 5) is 24.0. The Morgan fingerprint density at radius 3 is 2.81 bits per heavy atom. The van der Waals surface area contributed by atoms with Crippen LogP contribution in [0.4, 0.5) is 0 Å². The topological polar surface area (TPSA) is 82.4 Å². The fraction of sp³-hybridized carbons (Fsp3) is 0.421. The number of ether oxygens (including phenoxy) is 2. The number of amides is 1. The number of rotatable bonds is 7. The van der Waals surface area contributed by atoms with Gasteiger partial charge in [-0.2, -0.15) is 5.10 Å². The van der Waals surface area contributed by atoms with Crippen molar-refractivity contribution in [3.05, 3.63) is 51.9 Å². The minimum atomic E-state index is -0.262. The lowest BCUT2D eigenvalue weighted by atomic mass is 9.97. The van der Waals surface area contributed by atoms with Gasteiger partial charge in [-0.05, 0) is 43.4 Å². The summed E-state index contributed by atoms with van der Waals surface area (Å²) < 4.78 is 12.1. The van der Waals surface area contributed by atoms with Crippen LogP contribution in [0.25, 0.3) is 0 Å². The molecule has 0 saturated carbocycles. The van der Waals surface area contributed by atoms with E-state index in [1.807, 2.05) is 12.1 Å². The van der Waals surface area contributed by atoms with Crippen molar-refractivity contribution in [2.45, 2.75) is 32.2 Å². The van der Waals surface area contributed by atoms with Crippen LogP contribution < -0.4 is 20.3 Å². The molecule has 0 atom stereocenters. The third-order valence-corrected chi connectivity index (χ3v) is 4.35. The normalized spacial score (nSPS) is 13.0. The third kappa shape index (κ3) is 4.41. The Balaban J connectivity index is 1.49. The second-order valence-corrected chi connectivity index (χ2v) is 6.17. The van der Waals surface area contributed by atoms with Gasteiger partial charge >= 0.3 is 0 Å². The van der Waals surface area contributed by atoms with E-state index in [4.69, 9.17) is 9.47 Å². The number of hydrogen-bond donors (Lipinski definition) is 1. The maximum Gasteiger partial charge on any atom is 0.267 e. The molecule has 1 aliphatic rings. The van der Waals surface area contributed by atoms with Gasteiger partial charge in [0, 0.05) is 12.6 Å². The molecule has 7 heteroatoms. The highest BCUT2D eigenvalue weighted by molar-refractivity contribution is 5.77. The molecule has 0 unspecified atom stereocenters. The number of benzene rings is 1. The fourth-order valence-corrected chi connectivity index (χ4v) is 2.99. The zero-order valence-electron chi connectivity index (χ0n) is 14.9. The van der Waals surface area contributed by atoms with Gasteiger partial charge in [0.1, 0.15) is 0 Å². The summed E-state index contributed by atoms with van der Waals surface area (Å²) in [5.41, 5.74) is 1.94. The van der Waals surface area contributed by atoms with Gasteiger partial charge in [0.15, 0.2) is 18.1 Å². The van der Waals surface area contributed by atoms with E-state index in [1.54, 1.807) is 25.3 Å². The second-order valence-electron chi connectivity index (χ2n) is 6.17. The van der Waals surface area contributed by atoms with E-state index in [-0.39, 0.29) is 18.1 Å². The Kier molecular flexibility index (Phi) is 5.88. The van der Waals surface area contributed by atoms with Crippen molar-refractivity contribution in [3.8, 4) is 11.5 Å². The van der Waals surface area contributed by atoms with E-state index >= 15 is 0 Å². The molecule has 1 aromatic carbocycles. The number of aromatic nitrogens is 2. The van der Waals surface area contributed by atoms with Gasteiger partial charge in [-0.25, -0.2) is 4.68 Å². The van der Waals surface area contributed by atoms with Crippen LogP contribution in [0.3, 0.4) is 0 Å². The van der Waals surface area contributed by atoms with Crippen LogP contribution in [0, 0.1) is 0 Å². The second kappa shape index (κ2) is 8.51. The molecule has 138 valence electrons. The number of carbonyl (C=O) groups is 1. The van der Waals surface area contributed by atoms with Crippen molar-refractivity contribution >= 4 is 5.91 Å². The number of methoxy groups -OCH3 is 1. The number of aryl methyl sites for hydroxylation is 2. The van der Waals surface area contributed by atoms with E-state index in [0.29, 0.717) is 24.6 Å². The maximum atomic E-state index is 12.1. The third-order valence-electron chi connectivity index (χ3n) is 4.35. The summed E-state index contributed by atoms with van der Waals surface area (Å²) in [6, 6.07) is 8.82. The Morgan fingerprint density at radius 2 is 2.00 bits per heavy atom. The first-order chi connectivity index (χ1) is 12.7. The molecule has 0 aliphatic heterocycles. The standard InChI is InChI=1S/C19H23N3O4/c1-25-16-8-4-5-9-17(16)26-13-18(23)20-10-11-22-19(24)12-14-6-2-3-7-15(14)21-22/h4-5,8-9,12H,2-3,6-7,10-11,13H2,1H3,(H,20,23). The molecular weight excluding hydrogens is 334 g/mol. The van der Waals surface area contributed by atoms with Gasteiger partial charge in [0.25, 0.3) is 11.5 Å². The van der Waals surface area contributed by atoms with E-state index in [1.165, 1.54) is 4.68 Å². The van der Waals surface area contributed by atoms with Crippen LogP contribution >= 0.6 is 0 Å². The molecule has 1 aromatic heterocycles. The van der Waals surface area contributed by atoms with Crippen LogP contribution in [0.1, 0.15) is 24.1 Å². The number of nitrogens with zero attached hydrogens (tertiary/aromatic N) is 2. The van der Waals surface area contributed by atoms with E-state index in [9.17, 15) is 9.59 Å². The molecule has 0 spiro atoms. The summed E-state index contributed by atoms with van der Waals surface area (Å²) >= 11 is 0. The highest BCUT2D eigenvalue weighted by atomic mass is 16.5. The van der Waals surface area contributed by atoms with Gasteiger partial charge in [0.05, 0.1) is 19.3 Å². The predicted octanol–water partition coefficient (Wildman–Crippen LogP) is 1.33. The molecule has 26 heavy (non-hydrogen) atoms. The van der Waals surface area contributed by atoms with Crippen LogP contribution in [0.5, 0.6) is 11.5 Å². The Bertz CT molecular complexity index is 832. The molecular formula is C19H23N3O4. The van der Waals surface area contributed by atoms with Crippen LogP contribution in [0.2, 0.25) is 0 Å². The lowest BCUT2D eigenvalue weighted by molar-refractivity contribution is -0.123. The van der Waals surface area contributed by atoms with Crippen molar-refractivity contribution in [1.29, 1.82) is 0 Å². The number of para-hydroxylation sites is 2. The van der Waals surface area contributed by atoms with Crippen molar-refractivity contribution < 1.29 is 14.3 Å². The Hall–Kier alpha value is -2.83. The molecule has 1 amide bonds. The first kappa shape index (κ1) is 18.0. The van der Waals surface area contributed by atoms with E-state index < -0.39 is 0 Å². The SMILES string of the molecule is COc1ccccc1OCC(=O)NCCn1nc2c(cc1=O)CCCC2. The molecule has 7 nitrogen and oxygen atoms in total. The van der Waals surface area contributed by atoms with E-state index in [2.05, 4.69) is 10.4 Å². The minimum Gasteiger partial charge on any atom is -0.493 e. The zero-order valence-corrected chi connectivity index (χ0v) is 14.9. The largest absolute Gasteiger partial charge is 0.493 e. The highest BCUT2D eigenvalue weighted by Crippen LogP contribution is 2.25. The number of fused-ring (bicyclic) bond motifs is 1. The molecule has 1 aliphatic carbocycles. The average Bonchev–Trinajstić information content (AvgIpc) is 2.67. The summed E-state index contributed by atoms with van der Waals surface area (Å²) in [5, 5.41) is 7.17. The zero-order chi connectivity index (χ0) is 18.4. The minimum absolute atomic E-state index is 0.118. The molecule has 1 heterocycles. The fourth-order valence-electron chi connectivity index (χ4n) is 2.99. The van der Waals surface area contributed by atoms with Gasteiger partial charge in [-0.3, -0.25) is 9.59 Å². The van der Waals surface area contributed by atoms with E-state index in [0.717, 1.165) is 36.9 Å². The summed E-state index contributed by atoms with van der Waals surface area (Å²) in [6.45, 7) is 0.541. The number of nitrogens with one attached hydrogen (secondary N) is 1. The predicted molar refractivity (Wildman–Crippen MR) is 96.6 cm³/mol. The van der Waals surface area contributed by atoms with Crippen LogP contribution in [-0.4, -0.2) is 35.9 Å². The Morgan fingerprint density at radius 1 is 1.23 bits per heavy atom. The van der Waals surface area contributed by atoms with Gasteiger partial charge in [0.2, 0.25) is 0 Å². The lowest BCUT2D eigenvalue weighted by Gasteiger charge is -2.16. The van der Waals surface area contributed by atoms with Gasteiger partial charge in [-0.15, -0.1) is 0 Å². The first-order valence-electron chi connectivity index (χ1n) is 8.80. The van der Waals surface area contributed by atoms with Crippen LogP contribution in [-0.2, 0) is 24.2 Å². The first-order valence-corrected chi connectivity index (χ1v) is 8.80. The van der Waals surface area contributed by atoms with Gasteiger partial charge in [-0.1, -0.05) is 12.1 Å². The molecule has 0 radical (unpaired) electrons. The Labute approximate surface area is 151 Å². The van der Waals surface area contributed by atoms with Crippen molar-refractivity contribution in [2.24, 2.45) is 0 Å². The van der Waals surface area contributed by atoms with Gasteiger partial charge < -0.3 is 14.8 Å².